The van der Waals surface area contributed by atoms with E-state index in [1.807, 2.05) is 0 Å². The number of carbonyl (C=O) groups is 6. The van der Waals surface area contributed by atoms with Gasteiger partial charge in [0, 0.05) is 6.54 Å². The summed E-state index contributed by atoms with van der Waals surface area (Å²) in [5, 5.41) is 16.4. The van der Waals surface area contributed by atoms with Crippen LogP contribution in [0.4, 0.5) is 4.79 Å². The number of aliphatic imine (C=N–C) groups is 1. The number of benzene rings is 1. The zero-order valence-corrected chi connectivity index (χ0v) is 22.3. The molecule has 0 aromatic heterocycles. The van der Waals surface area contributed by atoms with Crippen LogP contribution in [0.5, 0.6) is 0 Å². The molecule has 15 nitrogen and oxygen atoms in total. The molecule has 2 rings (SSSR count). The number of nitrogens with two attached hydrogens (primary N) is 2. The van der Waals surface area contributed by atoms with Gasteiger partial charge in [0.15, 0.2) is 5.96 Å². The normalized spacial score (nSPS) is 16.1. The molecule has 15 heteroatoms. The summed E-state index contributed by atoms with van der Waals surface area (Å²) < 4.78 is 5.30. The summed E-state index contributed by atoms with van der Waals surface area (Å²) >= 11 is 0. The van der Waals surface area contributed by atoms with Crippen LogP contribution in [0.15, 0.2) is 35.3 Å². The maximum absolute atomic E-state index is 12.9. The van der Waals surface area contributed by atoms with Crippen LogP contribution < -0.4 is 27.4 Å². The number of ether oxygens (including phenoxy) is 1. The third-order valence-corrected chi connectivity index (χ3v) is 5.83. The minimum atomic E-state index is -1.59. The molecule has 0 saturated carbocycles. The number of esters is 1. The van der Waals surface area contributed by atoms with E-state index in [2.05, 4.69) is 20.9 Å². The van der Waals surface area contributed by atoms with E-state index >= 15 is 0 Å². The number of hydrogen-bond acceptors (Lipinski definition) is 8. The van der Waals surface area contributed by atoms with E-state index in [1.54, 1.807) is 44.2 Å². The molecule has 1 aliphatic heterocycles. The summed E-state index contributed by atoms with van der Waals surface area (Å²) in [6.45, 7) is 2.78. The highest BCUT2D eigenvalue weighted by Gasteiger charge is 2.39. The van der Waals surface area contributed by atoms with Crippen molar-refractivity contribution in [2.24, 2.45) is 22.4 Å². The van der Waals surface area contributed by atoms with Crippen molar-refractivity contribution in [2.75, 3.05) is 13.1 Å². The fraction of sp³-hybridized carbons (Fsp3) is 0.480. The fourth-order valence-electron chi connectivity index (χ4n) is 3.76. The molecule has 8 N–H and O–H groups in total. The van der Waals surface area contributed by atoms with E-state index in [1.165, 1.54) is 0 Å². The summed E-state index contributed by atoms with van der Waals surface area (Å²) in [6, 6.07) is 4.45. The summed E-state index contributed by atoms with van der Waals surface area (Å²) in [7, 11) is 0. The van der Waals surface area contributed by atoms with Crippen molar-refractivity contribution in [3.63, 3.8) is 0 Å². The number of carboxylic acid groups (broad SMARTS) is 1. The number of nitrogens with zero attached hydrogens (tertiary/aromatic N) is 2. The molecule has 0 unspecified atom stereocenters. The number of aliphatic carboxylic acids is 1. The topological polar surface area (TPSA) is 236 Å². The standard InChI is InChI=1S/C25H35N7O8/c1-14(2)20(23(38)40-13-15-7-4-3-5-8-15)31-21(36)17(11-19(34)35)29-18(33)12-32-22(37)16(30-25(32)39)9-6-10-28-24(26)27/h3-5,7-8,14,16-17,20H,6,9-13H2,1-2H3,(H,29,33)(H,30,39)(H,31,36)(H,34,35)(H4,26,27,28)/t16-,17-,20-/m0/s1. The SMILES string of the molecule is CC(C)[C@H](NC(=O)[C@H](CC(=O)O)NC(=O)CN1C(=O)N[C@@H](CCCN=C(N)N)C1=O)C(=O)OCc1ccccc1. The van der Waals surface area contributed by atoms with Crippen LogP contribution in [0.3, 0.4) is 0 Å². The number of hydrogen-bond donors (Lipinski definition) is 6. The summed E-state index contributed by atoms with van der Waals surface area (Å²) in [5.74, 6) is -5.22. The highest BCUT2D eigenvalue weighted by atomic mass is 16.5. The minimum absolute atomic E-state index is 0.0325. The Bertz CT molecular complexity index is 1120. The Kier molecular flexibility index (Phi) is 11.9. The molecular formula is C25H35N7O8. The first-order valence-corrected chi connectivity index (χ1v) is 12.6. The molecule has 0 aliphatic carbocycles. The van der Waals surface area contributed by atoms with Gasteiger partial charge in [-0.2, -0.15) is 0 Å². The van der Waals surface area contributed by atoms with Gasteiger partial charge in [-0.15, -0.1) is 0 Å². The maximum atomic E-state index is 12.9. The smallest absolute Gasteiger partial charge is 0.329 e. The first-order chi connectivity index (χ1) is 18.9. The van der Waals surface area contributed by atoms with Gasteiger partial charge in [-0.3, -0.25) is 29.1 Å². The molecule has 1 heterocycles. The van der Waals surface area contributed by atoms with Gasteiger partial charge in [0.05, 0.1) is 6.42 Å². The molecule has 1 aliphatic rings. The summed E-state index contributed by atoms with van der Waals surface area (Å²) in [4.78, 5) is 78.9. The number of carboxylic acids is 1. The second-order valence-electron chi connectivity index (χ2n) is 9.42. The van der Waals surface area contributed by atoms with Crippen LogP contribution >= 0.6 is 0 Å². The van der Waals surface area contributed by atoms with Crippen LogP contribution in [0, 0.1) is 5.92 Å². The Hall–Kier alpha value is -4.69. The molecule has 5 amide bonds. The van der Waals surface area contributed by atoms with Crippen LogP contribution in [0.25, 0.3) is 0 Å². The van der Waals surface area contributed by atoms with Crippen LogP contribution in [0.2, 0.25) is 0 Å². The highest BCUT2D eigenvalue weighted by molar-refractivity contribution is 6.06. The Morgan fingerprint density at radius 1 is 1.12 bits per heavy atom. The molecule has 0 bridgehead atoms. The number of urea groups is 1. The van der Waals surface area contributed by atoms with Crippen molar-refractivity contribution in [3.05, 3.63) is 35.9 Å². The van der Waals surface area contributed by atoms with Gasteiger partial charge >= 0.3 is 18.0 Å². The lowest BCUT2D eigenvalue weighted by molar-refractivity contribution is -0.151. The Morgan fingerprint density at radius 3 is 2.40 bits per heavy atom. The van der Waals surface area contributed by atoms with E-state index in [4.69, 9.17) is 16.2 Å². The molecule has 3 atom stereocenters. The van der Waals surface area contributed by atoms with Crippen molar-refractivity contribution >= 4 is 41.7 Å². The molecule has 1 aromatic rings. The van der Waals surface area contributed by atoms with Crippen LogP contribution in [-0.2, 0) is 35.3 Å². The van der Waals surface area contributed by atoms with E-state index in [0.29, 0.717) is 11.3 Å². The Balaban J connectivity index is 1.99. The van der Waals surface area contributed by atoms with E-state index in [9.17, 15) is 33.9 Å². The molecule has 1 fully saturated rings. The Morgan fingerprint density at radius 2 is 1.80 bits per heavy atom. The quantitative estimate of drug-likeness (QED) is 0.0492. The second-order valence-corrected chi connectivity index (χ2v) is 9.42. The lowest BCUT2D eigenvalue weighted by Gasteiger charge is -2.24. The summed E-state index contributed by atoms with van der Waals surface area (Å²) in [5.41, 5.74) is 11.2. The molecule has 1 aromatic carbocycles. The molecule has 0 radical (unpaired) electrons. The number of rotatable bonds is 15. The van der Waals surface area contributed by atoms with Crippen LogP contribution in [0.1, 0.15) is 38.7 Å². The zero-order chi connectivity index (χ0) is 29.8. The molecule has 40 heavy (non-hydrogen) atoms. The van der Waals surface area contributed by atoms with Crippen molar-refractivity contribution in [2.45, 2.75) is 57.8 Å². The first-order valence-electron chi connectivity index (χ1n) is 12.6. The number of nitrogens with one attached hydrogen (secondary N) is 3. The van der Waals surface area contributed by atoms with Crippen molar-refractivity contribution in [1.29, 1.82) is 0 Å². The second kappa shape index (κ2) is 15.0. The maximum Gasteiger partial charge on any atom is 0.329 e. The van der Waals surface area contributed by atoms with Gasteiger partial charge in [0.1, 0.15) is 31.3 Å². The predicted molar refractivity (Wildman–Crippen MR) is 141 cm³/mol. The van der Waals surface area contributed by atoms with Crippen molar-refractivity contribution in [3.8, 4) is 0 Å². The molecular weight excluding hydrogens is 526 g/mol. The Labute approximate surface area is 230 Å². The minimum Gasteiger partial charge on any atom is -0.481 e. The average Bonchev–Trinajstić information content (AvgIpc) is 3.15. The number of guanidine groups is 1. The van der Waals surface area contributed by atoms with Crippen molar-refractivity contribution in [1.82, 2.24) is 20.9 Å². The summed E-state index contributed by atoms with van der Waals surface area (Å²) in [6.07, 6.45) is -0.199. The van der Waals surface area contributed by atoms with Gasteiger partial charge < -0.3 is 37.3 Å². The fourth-order valence-corrected chi connectivity index (χ4v) is 3.76. The van der Waals surface area contributed by atoms with Gasteiger partial charge in [-0.25, -0.2) is 9.59 Å². The molecule has 0 spiro atoms. The lowest BCUT2D eigenvalue weighted by atomic mass is 10.0. The first kappa shape index (κ1) is 31.5. The zero-order valence-electron chi connectivity index (χ0n) is 22.3. The third-order valence-electron chi connectivity index (χ3n) is 5.83. The third kappa shape index (κ3) is 9.89. The highest BCUT2D eigenvalue weighted by Crippen LogP contribution is 2.12. The van der Waals surface area contributed by atoms with Gasteiger partial charge in [0.25, 0.3) is 5.91 Å². The predicted octanol–water partition coefficient (Wildman–Crippen LogP) is -1.20. The van der Waals surface area contributed by atoms with E-state index in [0.717, 1.165) is 5.56 Å². The van der Waals surface area contributed by atoms with Gasteiger partial charge in [0.2, 0.25) is 11.8 Å². The largest absolute Gasteiger partial charge is 0.481 e. The number of imide groups is 1. The van der Waals surface area contributed by atoms with Crippen molar-refractivity contribution < 1.29 is 38.6 Å². The van der Waals surface area contributed by atoms with E-state index < -0.39 is 72.7 Å². The number of carbonyl (C=O) groups excluding carboxylic acids is 5. The van der Waals surface area contributed by atoms with Gasteiger partial charge in [-0.05, 0) is 24.3 Å². The monoisotopic (exact) mass is 561 g/mol. The number of amides is 5. The molecule has 218 valence electrons. The van der Waals surface area contributed by atoms with E-state index in [-0.39, 0.29) is 25.5 Å². The van der Waals surface area contributed by atoms with Crippen LogP contribution in [-0.4, -0.2) is 82.9 Å². The molecule has 1 saturated heterocycles. The average molecular weight is 562 g/mol. The lowest BCUT2D eigenvalue weighted by Crippen LogP contribution is -2.55. The van der Waals surface area contributed by atoms with Gasteiger partial charge in [-0.1, -0.05) is 44.2 Å².